The number of guanidine groups is 1. The summed E-state index contributed by atoms with van der Waals surface area (Å²) in [7, 11) is 2.23. The van der Waals surface area contributed by atoms with E-state index in [4.69, 9.17) is 32.4 Å². The molecule has 1 heterocycles. The molecule has 454 valence electrons. The molecule has 81 heavy (non-hydrogen) atoms. The summed E-state index contributed by atoms with van der Waals surface area (Å²) in [5, 5.41) is 35.5. The van der Waals surface area contributed by atoms with E-state index in [1.165, 1.54) is 0 Å². The summed E-state index contributed by atoms with van der Waals surface area (Å²) >= 11 is 0. The molecule has 1 aromatic rings. The van der Waals surface area contributed by atoms with Gasteiger partial charge < -0.3 is 90.7 Å². The van der Waals surface area contributed by atoms with Crippen molar-refractivity contribution in [2.75, 3.05) is 70.7 Å². The Bertz CT molecular complexity index is 2280. The third kappa shape index (κ3) is 28.5. The number of aliphatic imine (C=N–C) groups is 1. The molecule has 1 fully saturated rings. The first-order chi connectivity index (χ1) is 38.3. The van der Waals surface area contributed by atoms with Crippen LogP contribution in [0.2, 0.25) is 0 Å². The molecule has 0 aromatic heterocycles. The highest BCUT2D eigenvalue weighted by molar-refractivity contribution is 8.76. The van der Waals surface area contributed by atoms with Crippen LogP contribution in [0.5, 0.6) is 0 Å². The molecular formula is C50H83N15O14S2. The second-order valence-electron chi connectivity index (χ2n) is 19.9. The van der Waals surface area contributed by atoms with Crippen LogP contribution in [0.15, 0.2) is 35.3 Å². The van der Waals surface area contributed by atoms with Crippen molar-refractivity contribution in [3.63, 3.8) is 0 Å². The van der Waals surface area contributed by atoms with Crippen LogP contribution in [-0.2, 0) is 68.6 Å². The van der Waals surface area contributed by atoms with Gasteiger partial charge in [-0.1, -0.05) is 93.5 Å². The van der Waals surface area contributed by atoms with Gasteiger partial charge in [-0.3, -0.25) is 57.7 Å². The highest BCUT2D eigenvalue weighted by Gasteiger charge is 2.35. The summed E-state index contributed by atoms with van der Waals surface area (Å²) in [6.45, 7) is 7.52. The Labute approximate surface area is 479 Å². The van der Waals surface area contributed by atoms with Crippen molar-refractivity contribution in [1.82, 2.24) is 53.2 Å². The summed E-state index contributed by atoms with van der Waals surface area (Å²) in [6.07, 6.45) is 0.148. The van der Waals surface area contributed by atoms with Crippen LogP contribution < -0.4 is 76.1 Å². The lowest BCUT2D eigenvalue weighted by Gasteiger charge is -2.29. The zero-order valence-corrected chi connectivity index (χ0v) is 48.3. The minimum atomic E-state index is -1.51. The lowest BCUT2D eigenvalue weighted by Crippen LogP contribution is -2.61. The van der Waals surface area contributed by atoms with E-state index in [1.807, 2.05) is 0 Å². The first-order valence-electron chi connectivity index (χ1n) is 26.4. The topological polar surface area (TPSA) is 463 Å². The summed E-state index contributed by atoms with van der Waals surface area (Å²) in [6, 6.07) is -1.50. The second kappa shape index (κ2) is 38.0. The Morgan fingerprint density at radius 3 is 1.75 bits per heavy atom. The minimum absolute atomic E-state index is 0.00914. The van der Waals surface area contributed by atoms with E-state index in [-0.39, 0.29) is 82.0 Å². The fourth-order valence-corrected chi connectivity index (χ4v) is 9.71. The maximum absolute atomic E-state index is 14.1. The molecule has 0 unspecified atom stereocenters. The number of aliphatic hydroxyl groups excluding tert-OH is 1. The maximum Gasteiger partial charge on any atom is 0.246 e. The van der Waals surface area contributed by atoms with Crippen LogP contribution in [0.25, 0.3) is 0 Å². The maximum atomic E-state index is 14.1. The van der Waals surface area contributed by atoms with Gasteiger partial charge in [-0.15, -0.1) is 0 Å². The number of hydrogen-bond acceptors (Lipinski definition) is 18. The number of benzene rings is 1. The summed E-state index contributed by atoms with van der Waals surface area (Å²) in [5.74, 6) is -10.2. The number of primary amides is 1. The fourth-order valence-electron chi connectivity index (χ4n) is 7.41. The number of amides is 11. The Morgan fingerprint density at radius 1 is 0.617 bits per heavy atom. The average molecular weight is 1180 g/mol. The number of carbonyl (C=O) groups is 11. The number of ether oxygens (including phenoxy) is 2. The quantitative estimate of drug-likeness (QED) is 0.0402. The number of nitrogens with two attached hydrogens (primary N) is 4. The lowest BCUT2D eigenvalue weighted by molar-refractivity contribution is -0.137. The standard InChI is InChI=1S/C50H83N15O14S2/c1-27(2)19-33-46(74)62-32(13-10-14-56-50(53)54)44(72)57-22-38(68)61-36(42(52)70)26-81-80-25-31(51)43(71)55-15-16-78-17-18-79-24-39(69)60-35(23-66)47(75)64-41(29(5)6)49(77)65-40(28(3)4)48(76)63-34(20-30-11-8-7-9-12-30)45(73)58-21-37(67)59-33/h7-9,11-12,27-29,31-36,40-41,66H,10,13-26,51H2,1-6H3,(H2,52,70)(H,55,71)(H,57,72)(H,58,73)(H,59,67)(H,60,69)(H,61,68)(H,62,74)(H,63,76)(H,64,75)(H,65,77)(H4,53,54,56)/t31-,32-,33-,34-,35-,36-,40-,41-/m0/s1. The van der Waals surface area contributed by atoms with Crippen molar-refractivity contribution in [1.29, 1.82) is 0 Å². The number of rotatable bonds is 12. The van der Waals surface area contributed by atoms with Crippen LogP contribution in [0, 0.1) is 17.8 Å². The van der Waals surface area contributed by atoms with Gasteiger partial charge >= 0.3 is 0 Å². The molecule has 19 N–H and O–H groups in total. The number of hydrogen-bond donors (Lipinski definition) is 15. The minimum Gasteiger partial charge on any atom is -0.394 e. The first-order valence-corrected chi connectivity index (χ1v) is 28.9. The molecule has 0 aliphatic carbocycles. The monoisotopic (exact) mass is 1180 g/mol. The van der Waals surface area contributed by atoms with Gasteiger partial charge in [0.25, 0.3) is 0 Å². The van der Waals surface area contributed by atoms with Crippen LogP contribution in [0.4, 0.5) is 0 Å². The molecule has 0 saturated carbocycles. The number of nitrogens with zero attached hydrogens (tertiary/aromatic N) is 1. The van der Waals surface area contributed by atoms with E-state index in [1.54, 1.807) is 71.9 Å². The Hall–Kier alpha value is -6.80. The van der Waals surface area contributed by atoms with Gasteiger partial charge in [0, 0.05) is 31.0 Å². The van der Waals surface area contributed by atoms with E-state index in [2.05, 4.69) is 58.2 Å². The first kappa shape index (κ1) is 70.3. The highest BCUT2D eigenvalue weighted by atomic mass is 33.1. The van der Waals surface area contributed by atoms with Gasteiger partial charge in [0.15, 0.2) is 5.96 Å². The van der Waals surface area contributed by atoms with Crippen molar-refractivity contribution in [3.8, 4) is 0 Å². The van der Waals surface area contributed by atoms with E-state index >= 15 is 0 Å². The van der Waals surface area contributed by atoms with Crippen molar-refractivity contribution in [2.45, 2.75) is 116 Å². The van der Waals surface area contributed by atoms with E-state index in [0.29, 0.717) is 5.56 Å². The van der Waals surface area contributed by atoms with Gasteiger partial charge in [0.1, 0.15) is 48.9 Å². The average Bonchev–Trinajstić information content (AvgIpc) is 3.42. The molecule has 1 saturated heterocycles. The molecule has 0 bridgehead atoms. The third-order valence-electron chi connectivity index (χ3n) is 11.8. The normalized spacial score (nSPS) is 24.7. The van der Waals surface area contributed by atoms with Gasteiger partial charge in [0.05, 0.1) is 45.6 Å². The van der Waals surface area contributed by atoms with Gasteiger partial charge in [-0.2, -0.15) is 0 Å². The van der Waals surface area contributed by atoms with Gasteiger partial charge in [-0.05, 0) is 42.6 Å². The molecule has 0 spiro atoms. The summed E-state index contributed by atoms with van der Waals surface area (Å²) in [4.78, 5) is 151. The molecule has 2 rings (SSSR count). The molecule has 1 aliphatic rings. The van der Waals surface area contributed by atoms with Crippen LogP contribution in [0.3, 0.4) is 0 Å². The molecular weight excluding hydrogens is 1100 g/mol. The van der Waals surface area contributed by atoms with Crippen molar-refractivity contribution >= 4 is 92.5 Å². The molecule has 31 heteroatoms. The molecule has 1 aromatic carbocycles. The molecule has 8 atom stereocenters. The highest BCUT2D eigenvalue weighted by Crippen LogP contribution is 2.22. The predicted molar refractivity (Wildman–Crippen MR) is 303 cm³/mol. The number of nitrogens with one attached hydrogen (secondary N) is 10. The van der Waals surface area contributed by atoms with Gasteiger partial charge in [-0.25, -0.2) is 0 Å². The number of aliphatic hydroxyl groups is 1. The Kier molecular flexibility index (Phi) is 33.0. The third-order valence-corrected chi connectivity index (χ3v) is 14.2. The van der Waals surface area contributed by atoms with Crippen molar-refractivity contribution in [3.05, 3.63) is 35.9 Å². The van der Waals surface area contributed by atoms with Gasteiger partial charge in [0.2, 0.25) is 65.0 Å². The zero-order chi connectivity index (χ0) is 60.6. The van der Waals surface area contributed by atoms with E-state index < -0.39 is 151 Å². The van der Waals surface area contributed by atoms with Crippen LogP contribution in [-0.4, -0.2) is 195 Å². The smallest absolute Gasteiger partial charge is 0.246 e. The SMILES string of the molecule is CC(C)C[C@@H]1NC(=O)CNC(=O)[C@H](Cc2ccccc2)NC(=O)[C@H](C(C)C)NC(=O)[C@H](C(C)C)NC(=O)[C@H](CO)NC(=O)COCCOCCNC(=O)[C@@H](N)CSSC[C@@H](C(N)=O)NC(=O)CNC(=O)[C@H](CCCN=C(N)N)NC1=O. The largest absolute Gasteiger partial charge is 0.394 e. The number of carbonyl (C=O) groups excluding carboxylic acids is 11. The van der Waals surface area contributed by atoms with Crippen molar-refractivity contribution < 1.29 is 67.3 Å². The second-order valence-corrected chi connectivity index (χ2v) is 22.4. The summed E-state index contributed by atoms with van der Waals surface area (Å²) in [5.41, 5.74) is 23.1. The molecule has 0 radical (unpaired) electrons. The fraction of sp³-hybridized carbons (Fsp3) is 0.640. The van der Waals surface area contributed by atoms with Crippen molar-refractivity contribution in [2.24, 2.45) is 45.7 Å². The molecule has 1 aliphatic heterocycles. The zero-order valence-electron chi connectivity index (χ0n) is 46.7. The summed E-state index contributed by atoms with van der Waals surface area (Å²) < 4.78 is 10.8. The molecule has 11 amide bonds. The Morgan fingerprint density at radius 2 is 1.16 bits per heavy atom. The van der Waals surface area contributed by atoms with Crippen LogP contribution in [0.1, 0.15) is 66.4 Å². The predicted octanol–water partition coefficient (Wildman–Crippen LogP) is -5.38. The lowest BCUT2D eigenvalue weighted by atomic mass is 9.98. The van der Waals surface area contributed by atoms with E-state index in [9.17, 15) is 57.8 Å². The van der Waals surface area contributed by atoms with Crippen LogP contribution >= 0.6 is 21.6 Å². The Balaban J connectivity index is 2.44. The molecule has 29 nitrogen and oxygen atoms in total. The van der Waals surface area contributed by atoms with E-state index in [0.717, 1.165) is 21.6 Å².